The molecule has 1 atom stereocenters. The van der Waals surface area contributed by atoms with Crippen molar-refractivity contribution in [2.75, 3.05) is 0 Å². The first kappa shape index (κ1) is 12.9. The Labute approximate surface area is 111 Å². The van der Waals surface area contributed by atoms with Gasteiger partial charge in [-0.2, -0.15) is 0 Å². The van der Waals surface area contributed by atoms with Crippen LogP contribution in [0.15, 0.2) is 54.6 Å². The van der Waals surface area contributed by atoms with E-state index in [1.54, 1.807) is 0 Å². The van der Waals surface area contributed by atoms with Gasteiger partial charge in [0.05, 0.1) is 0 Å². The van der Waals surface area contributed by atoms with E-state index >= 15 is 0 Å². The highest BCUT2D eigenvalue weighted by Gasteiger charge is 2.02. The number of hydrogen-bond acceptors (Lipinski definition) is 0. The lowest BCUT2D eigenvalue weighted by molar-refractivity contribution is 0.560. The van der Waals surface area contributed by atoms with Crippen LogP contribution < -0.4 is 0 Å². The fourth-order valence-corrected chi connectivity index (χ4v) is 2.24. The van der Waals surface area contributed by atoms with Crippen LogP contribution in [0.3, 0.4) is 0 Å². The van der Waals surface area contributed by atoms with Gasteiger partial charge >= 0.3 is 0 Å². The average molecular weight is 238 g/mol. The van der Waals surface area contributed by atoms with Crippen LogP contribution >= 0.6 is 0 Å². The van der Waals surface area contributed by atoms with Crippen LogP contribution in [0.4, 0.5) is 0 Å². The summed E-state index contributed by atoms with van der Waals surface area (Å²) in [5, 5.41) is 0. The van der Waals surface area contributed by atoms with Gasteiger partial charge in [0, 0.05) is 0 Å². The molecule has 0 N–H and O–H groups in total. The molecule has 2 rings (SSSR count). The fraction of sp³-hybridized carbons (Fsp3) is 0.333. The van der Waals surface area contributed by atoms with E-state index in [4.69, 9.17) is 0 Å². The Morgan fingerprint density at radius 3 is 2.22 bits per heavy atom. The second kappa shape index (κ2) is 6.39. The summed E-state index contributed by atoms with van der Waals surface area (Å²) >= 11 is 0. The molecule has 0 spiro atoms. The third-order valence-electron chi connectivity index (χ3n) is 3.52. The molecule has 0 saturated heterocycles. The minimum atomic E-state index is 0.775. The quantitative estimate of drug-likeness (QED) is 0.697. The Bertz CT molecular complexity index is 470. The Hall–Kier alpha value is -1.56. The second-order valence-electron chi connectivity index (χ2n) is 5.20. The SMILES string of the molecule is CCC(C)Cc1cccc(Cc2ccccc2)c1. The first-order valence-electron chi connectivity index (χ1n) is 6.89. The van der Waals surface area contributed by atoms with E-state index in [0.717, 1.165) is 12.3 Å². The minimum Gasteiger partial charge on any atom is -0.0651 e. The highest BCUT2D eigenvalue weighted by atomic mass is 14.1. The van der Waals surface area contributed by atoms with E-state index in [9.17, 15) is 0 Å². The van der Waals surface area contributed by atoms with E-state index in [1.165, 1.54) is 29.5 Å². The molecular formula is C18H22. The van der Waals surface area contributed by atoms with Crippen molar-refractivity contribution in [1.29, 1.82) is 0 Å². The maximum absolute atomic E-state index is 2.36. The molecule has 2 aromatic rings. The van der Waals surface area contributed by atoms with Crippen molar-refractivity contribution < 1.29 is 0 Å². The van der Waals surface area contributed by atoms with Crippen LogP contribution in [0.5, 0.6) is 0 Å². The molecule has 0 aliphatic heterocycles. The zero-order valence-corrected chi connectivity index (χ0v) is 11.4. The molecule has 0 aliphatic carbocycles. The van der Waals surface area contributed by atoms with Gasteiger partial charge in [-0.1, -0.05) is 74.9 Å². The molecule has 0 amide bonds. The fourth-order valence-electron chi connectivity index (χ4n) is 2.24. The first-order chi connectivity index (χ1) is 8.78. The van der Waals surface area contributed by atoms with Gasteiger partial charge in [0.1, 0.15) is 0 Å². The summed E-state index contributed by atoms with van der Waals surface area (Å²) in [4.78, 5) is 0. The van der Waals surface area contributed by atoms with Gasteiger partial charge in [0.2, 0.25) is 0 Å². The van der Waals surface area contributed by atoms with Crippen molar-refractivity contribution in [3.05, 3.63) is 71.3 Å². The average Bonchev–Trinajstić information content (AvgIpc) is 2.40. The van der Waals surface area contributed by atoms with E-state index in [2.05, 4.69) is 68.4 Å². The third kappa shape index (κ3) is 3.73. The van der Waals surface area contributed by atoms with Gasteiger partial charge in [-0.3, -0.25) is 0 Å². The number of benzene rings is 2. The van der Waals surface area contributed by atoms with Gasteiger partial charge < -0.3 is 0 Å². The molecule has 0 nitrogen and oxygen atoms in total. The first-order valence-corrected chi connectivity index (χ1v) is 6.89. The summed E-state index contributed by atoms with van der Waals surface area (Å²) in [6.45, 7) is 4.59. The molecule has 0 aromatic heterocycles. The van der Waals surface area contributed by atoms with Gasteiger partial charge in [0.25, 0.3) is 0 Å². The normalized spacial score (nSPS) is 12.3. The zero-order chi connectivity index (χ0) is 12.8. The maximum Gasteiger partial charge on any atom is -0.00257 e. The summed E-state index contributed by atoms with van der Waals surface area (Å²) < 4.78 is 0. The predicted octanol–water partition coefficient (Wildman–Crippen LogP) is 4.87. The Kier molecular flexibility index (Phi) is 4.58. The molecule has 0 fully saturated rings. The van der Waals surface area contributed by atoms with Crippen molar-refractivity contribution in [3.63, 3.8) is 0 Å². The molecule has 0 aliphatic rings. The Morgan fingerprint density at radius 1 is 0.833 bits per heavy atom. The van der Waals surface area contributed by atoms with Crippen LogP contribution in [-0.2, 0) is 12.8 Å². The topological polar surface area (TPSA) is 0 Å². The minimum absolute atomic E-state index is 0.775. The maximum atomic E-state index is 2.36. The molecule has 0 saturated carbocycles. The highest BCUT2D eigenvalue weighted by molar-refractivity contribution is 5.29. The third-order valence-corrected chi connectivity index (χ3v) is 3.52. The summed E-state index contributed by atoms with van der Waals surface area (Å²) in [6, 6.07) is 19.7. The molecule has 94 valence electrons. The van der Waals surface area contributed by atoms with Gasteiger partial charge in [-0.25, -0.2) is 0 Å². The van der Waals surface area contributed by atoms with Gasteiger partial charge in [-0.05, 0) is 35.4 Å². The second-order valence-corrected chi connectivity index (χ2v) is 5.20. The monoisotopic (exact) mass is 238 g/mol. The summed E-state index contributed by atoms with van der Waals surface area (Å²) in [6.07, 6.45) is 3.48. The van der Waals surface area contributed by atoms with E-state index in [0.29, 0.717) is 0 Å². The molecule has 18 heavy (non-hydrogen) atoms. The Morgan fingerprint density at radius 2 is 1.50 bits per heavy atom. The number of rotatable bonds is 5. The van der Waals surface area contributed by atoms with Crippen LogP contribution in [0.1, 0.15) is 37.0 Å². The molecule has 1 unspecified atom stereocenters. The molecule has 0 radical (unpaired) electrons. The predicted molar refractivity (Wildman–Crippen MR) is 78.8 cm³/mol. The molecule has 0 heteroatoms. The van der Waals surface area contributed by atoms with E-state index in [1.807, 2.05) is 0 Å². The largest absolute Gasteiger partial charge is 0.0651 e. The molecule has 2 aromatic carbocycles. The smallest absolute Gasteiger partial charge is 0.00257 e. The van der Waals surface area contributed by atoms with Gasteiger partial charge in [0.15, 0.2) is 0 Å². The zero-order valence-electron chi connectivity index (χ0n) is 11.4. The van der Waals surface area contributed by atoms with Crippen molar-refractivity contribution in [2.45, 2.75) is 33.1 Å². The van der Waals surface area contributed by atoms with Crippen molar-refractivity contribution in [2.24, 2.45) is 5.92 Å². The molecule has 0 bridgehead atoms. The van der Waals surface area contributed by atoms with Crippen LogP contribution in [0.2, 0.25) is 0 Å². The summed E-state index contributed by atoms with van der Waals surface area (Å²) in [5.41, 5.74) is 4.28. The van der Waals surface area contributed by atoms with Crippen LogP contribution in [0.25, 0.3) is 0 Å². The van der Waals surface area contributed by atoms with E-state index in [-0.39, 0.29) is 0 Å². The van der Waals surface area contributed by atoms with Crippen LogP contribution in [0, 0.1) is 5.92 Å². The Balaban J connectivity index is 2.08. The standard InChI is InChI=1S/C18H22/c1-3-15(2)12-17-10-7-11-18(14-17)13-16-8-5-4-6-9-16/h4-11,14-15H,3,12-13H2,1-2H3. The lowest BCUT2D eigenvalue weighted by atomic mass is 9.96. The summed E-state index contributed by atoms with van der Waals surface area (Å²) in [7, 11) is 0. The summed E-state index contributed by atoms with van der Waals surface area (Å²) in [5.74, 6) is 0.775. The molecular weight excluding hydrogens is 216 g/mol. The van der Waals surface area contributed by atoms with Crippen molar-refractivity contribution in [1.82, 2.24) is 0 Å². The van der Waals surface area contributed by atoms with Gasteiger partial charge in [-0.15, -0.1) is 0 Å². The van der Waals surface area contributed by atoms with Crippen molar-refractivity contribution >= 4 is 0 Å². The lowest BCUT2D eigenvalue weighted by Gasteiger charge is -2.10. The van der Waals surface area contributed by atoms with Crippen LogP contribution in [-0.4, -0.2) is 0 Å². The molecule has 0 heterocycles. The van der Waals surface area contributed by atoms with E-state index < -0.39 is 0 Å². The number of hydrogen-bond donors (Lipinski definition) is 0. The highest BCUT2D eigenvalue weighted by Crippen LogP contribution is 2.15. The van der Waals surface area contributed by atoms with Crippen molar-refractivity contribution in [3.8, 4) is 0 Å². The lowest BCUT2D eigenvalue weighted by Crippen LogP contribution is -1.98.